The molecule has 6 heteroatoms. The Morgan fingerprint density at radius 1 is 1.25 bits per heavy atom. The summed E-state index contributed by atoms with van der Waals surface area (Å²) < 4.78 is 20.2. The van der Waals surface area contributed by atoms with Crippen molar-refractivity contribution < 1.29 is 8.81 Å². The molecule has 0 saturated heterocycles. The van der Waals surface area contributed by atoms with E-state index < -0.39 is 11.6 Å². The van der Waals surface area contributed by atoms with Crippen LogP contribution in [0, 0.1) is 5.82 Å². The molecule has 102 valence electrons. The lowest BCUT2D eigenvalue weighted by Crippen LogP contribution is -2.16. The number of oxazole rings is 1. The molecule has 1 heterocycles. The van der Waals surface area contributed by atoms with Gasteiger partial charge in [0, 0.05) is 10.6 Å². The summed E-state index contributed by atoms with van der Waals surface area (Å²) in [7, 11) is 0. The normalized spacial score (nSPS) is 11.1. The van der Waals surface area contributed by atoms with Crippen LogP contribution in [0.25, 0.3) is 11.1 Å². The van der Waals surface area contributed by atoms with Gasteiger partial charge in [0.05, 0.1) is 12.2 Å². The number of anilines is 1. The summed E-state index contributed by atoms with van der Waals surface area (Å²) in [6, 6.07) is 9.32. The van der Waals surface area contributed by atoms with Crippen LogP contribution < -0.4 is 11.5 Å². The van der Waals surface area contributed by atoms with Crippen molar-refractivity contribution in [1.29, 1.82) is 0 Å². The standard InChI is InChI=1S/C14H10ClFN2O2/c15-9-3-1-4-10(16)8(9)7-18-13-11(17)5-2-6-12(13)20-14(18)19/h1-6H,7,17H2. The SMILES string of the molecule is Nc1cccc2oc(=O)n(Cc3c(F)cccc3Cl)c12. The molecule has 1 aromatic heterocycles. The zero-order valence-electron chi connectivity index (χ0n) is 10.3. The first kappa shape index (κ1) is 12.7. The molecule has 4 nitrogen and oxygen atoms in total. The molecule has 0 spiro atoms. The van der Waals surface area contributed by atoms with Crippen LogP contribution in [0.2, 0.25) is 5.02 Å². The van der Waals surface area contributed by atoms with Crippen LogP contribution in [-0.4, -0.2) is 4.57 Å². The first-order valence-corrected chi connectivity index (χ1v) is 6.26. The maximum absolute atomic E-state index is 13.8. The van der Waals surface area contributed by atoms with E-state index in [0.717, 1.165) is 0 Å². The highest BCUT2D eigenvalue weighted by molar-refractivity contribution is 6.31. The van der Waals surface area contributed by atoms with Crippen LogP contribution in [0.1, 0.15) is 5.56 Å². The number of rotatable bonds is 2. The number of para-hydroxylation sites is 1. The largest absolute Gasteiger partial charge is 0.420 e. The molecule has 3 rings (SSSR count). The zero-order chi connectivity index (χ0) is 14.3. The third kappa shape index (κ3) is 1.96. The second-order valence-electron chi connectivity index (χ2n) is 4.35. The Bertz CT molecular complexity index is 834. The van der Waals surface area contributed by atoms with Gasteiger partial charge in [-0.25, -0.2) is 9.18 Å². The minimum absolute atomic E-state index is 0.0362. The molecule has 2 N–H and O–H groups in total. The fourth-order valence-electron chi connectivity index (χ4n) is 2.14. The topological polar surface area (TPSA) is 61.2 Å². The average Bonchev–Trinajstić information content (AvgIpc) is 2.71. The van der Waals surface area contributed by atoms with E-state index in [0.29, 0.717) is 16.8 Å². The molecule has 0 unspecified atom stereocenters. The Morgan fingerprint density at radius 2 is 2.00 bits per heavy atom. The van der Waals surface area contributed by atoms with E-state index in [-0.39, 0.29) is 17.1 Å². The molecule has 0 radical (unpaired) electrons. The predicted octanol–water partition coefficient (Wildman–Crippen LogP) is 3.02. The van der Waals surface area contributed by atoms with Gasteiger partial charge in [0.1, 0.15) is 11.3 Å². The lowest BCUT2D eigenvalue weighted by molar-refractivity contribution is 0.512. The molecule has 0 fully saturated rings. The highest BCUT2D eigenvalue weighted by Crippen LogP contribution is 2.24. The summed E-state index contributed by atoms with van der Waals surface area (Å²) in [5, 5.41) is 0.251. The van der Waals surface area contributed by atoms with Gasteiger partial charge in [0.2, 0.25) is 0 Å². The number of aromatic nitrogens is 1. The van der Waals surface area contributed by atoms with Gasteiger partial charge in [0.15, 0.2) is 5.58 Å². The number of hydrogen-bond acceptors (Lipinski definition) is 3. The average molecular weight is 293 g/mol. The van der Waals surface area contributed by atoms with E-state index in [1.807, 2.05) is 0 Å². The first-order valence-electron chi connectivity index (χ1n) is 5.88. The molecule has 0 amide bonds. The Hall–Kier alpha value is -2.27. The summed E-state index contributed by atoms with van der Waals surface area (Å²) in [6.07, 6.45) is 0. The molecular formula is C14H10ClFN2O2. The summed E-state index contributed by atoms with van der Waals surface area (Å²) in [5.41, 5.74) is 7.27. The van der Waals surface area contributed by atoms with E-state index >= 15 is 0 Å². The molecule has 20 heavy (non-hydrogen) atoms. The molecule has 0 saturated carbocycles. The Kier molecular flexibility index (Phi) is 2.99. The molecule has 3 aromatic rings. The van der Waals surface area contributed by atoms with E-state index in [2.05, 4.69) is 0 Å². The van der Waals surface area contributed by atoms with Crippen molar-refractivity contribution in [2.75, 3.05) is 5.73 Å². The molecule has 2 aromatic carbocycles. The molecule has 0 aliphatic rings. The van der Waals surface area contributed by atoms with Gasteiger partial charge in [-0.15, -0.1) is 0 Å². The number of fused-ring (bicyclic) bond motifs is 1. The summed E-state index contributed by atoms with van der Waals surface area (Å²) in [6.45, 7) is -0.0362. The lowest BCUT2D eigenvalue weighted by Gasteiger charge is -2.07. The first-order chi connectivity index (χ1) is 9.58. The van der Waals surface area contributed by atoms with E-state index in [1.165, 1.54) is 16.7 Å². The van der Waals surface area contributed by atoms with Crippen molar-refractivity contribution in [1.82, 2.24) is 4.57 Å². The number of benzene rings is 2. The Balaban J connectivity index is 2.21. The van der Waals surface area contributed by atoms with Crippen molar-refractivity contribution in [3.63, 3.8) is 0 Å². The number of halogens is 2. The third-order valence-corrected chi connectivity index (χ3v) is 3.45. The van der Waals surface area contributed by atoms with E-state index in [1.54, 1.807) is 24.3 Å². The zero-order valence-corrected chi connectivity index (χ0v) is 11.0. The monoisotopic (exact) mass is 292 g/mol. The van der Waals surface area contributed by atoms with Crippen LogP contribution in [0.5, 0.6) is 0 Å². The van der Waals surface area contributed by atoms with Gasteiger partial charge < -0.3 is 10.2 Å². The number of hydrogen-bond donors (Lipinski definition) is 1. The maximum atomic E-state index is 13.8. The van der Waals surface area contributed by atoms with Gasteiger partial charge in [-0.05, 0) is 24.3 Å². The molecule has 0 aliphatic carbocycles. The van der Waals surface area contributed by atoms with Crippen molar-refractivity contribution in [3.05, 3.63) is 63.4 Å². The van der Waals surface area contributed by atoms with E-state index in [4.69, 9.17) is 21.8 Å². The molecule has 0 aliphatic heterocycles. The Morgan fingerprint density at radius 3 is 2.75 bits per heavy atom. The third-order valence-electron chi connectivity index (χ3n) is 3.10. The van der Waals surface area contributed by atoms with Crippen molar-refractivity contribution in [2.24, 2.45) is 0 Å². The second kappa shape index (κ2) is 4.68. The van der Waals surface area contributed by atoms with Crippen LogP contribution in [0.4, 0.5) is 10.1 Å². The quantitative estimate of drug-likeness (QED) is 0.739. The molecular weight excluding hydrogens is 283 g/mol. The summed E-state index contributed by atoms with van der Waals surface area (Å²) in [5.74, 6) is -1.08. The summed E-state index contributed by atoms with van der Waals surface area (Å²) in [4.78, 5) is 11.9. The van der Waals surface area contributed by atoms with Gasteiger partial charge >= 0.3 is 5.76 Å². The van der Waals surface area contributed by atoms with Gasteiger partial charge in [0.25, 0.3) is 0 Å². The highest BCUT2D eigenvalue weighted by Gasteiger charge is 2.15. The summed E-state index contributed by atoms with van der Waals surface area (Å²) >= 11 is 5.97. The van der Waals surface area contributed by atoms with Gasteiger partial charge in [-0.2, -0.15) is 0 Å². The van der Waals surface area contributed by atoms with Crippen LogP contribution in [-0.2, 0) is 6.54 Å². The van der Waals surface area contributed by atoms with E-state index in [9.17, 15) is 9.18 Å². The maximum Gasteiger partial charge on any atom is 0.420 e. The molecule has 0 bridgehead atoms. The second-order valence-corrected chi connectivity index (χ2v) is 4.76. The van der Waals surface area contributed by atoms with Crippen LogP contribution in [0.3, 0.4) is 0 Å². The highest BCUT2D eigenvalue weighted by atomic mass is 35.5. The van der Waals surface area contributed by atoms with Crippen molar-refractivity contribution in [2.45, 2.75) is 6.54 Å². The number of nitrogen functional groups attached to an aromatic ring is 1. The predicted molar refractivity (Wildman–Crippen MR) is 75.4 cm³/mol. The minimum atomic E-state index is -0.600. The van der Waals surface area contributed by atoms with Crippen molar-refractivity contribution >= 4 is 28.4 Å². The van der Waals surface area contributed by atoms with Crippen molar-refractivity contribution in [3.8, 4) is 0 Å². The smallest absolute Gasteiger partial charge is 0.408 e. The minimum Gasteiger partial charge on any atom is -0.408 e. The fraction of sp³-hybridized carbons (Fsp3) is 0.0714. The lowest BCUT2D eigenvalue weighted by atomic mass is 10.2. The number of nitrogens with two attached hydrogens (primary N) is 1. The Labute approximate surface area is 118 Å². The van der Waals surface area contributed by atoms with Gasteiger partial charge in [-0.1, -0.05) is 23.7 Å². The van der Waals surface area contributed by atoms with Crippen LogP contribution >= 0.6 is 11.6 Å². The molecule has 0 atom stereocenters. The van der Waals surface area contributed by atoms with Gasteiger partial charge in [-0.3, -0.25) is 4.57 Å². The fourth-order valence-corrected chi connectivity index (χ4v) is 2.36. The van der Waals surface area contributed by atoms with Crippen LogP contribution in [0.15, 0.2) is 45.6 Å². The number of nitrogens with zero attached hydrogens (tertiary/aromatic N) is 1.